The van der Waals surface area contributed by atoms with Crippen LogP contribution in [-0.4, -0.2) is 16.8 Å². The first-order chi connectivity index (χ1) is 8.04. The van der Waals surface area contributed by atoms with Gasteiger partial charge in [0.2, 0.25) is 5.91 Å². The lowest BCUT2D eigenvalue weighted by Crippen LogP contribution is -2.10. The summed E-state index contributed by atoms with van der Waals surface area (Å²) in [6.07, 6.45) is 3.47. The van der Waals surface area contributed by atoms with E-state index >= 15 is 0 Å². The van der Waals surface area contributed by atoms with Gasteiger partial charge in [0, 0.05) is 6.42 Å². The van der Waals surface area contributed by atoms with Crippen LogP contribution < -0.4 is 11.1 Å². The largest absolute Gasteiger partial charge is 0.365 e. The van der Waals surface area contributed by atoms with Crippen molar-refractivity contribution in [3.63, 3.8) is 0 Å². The number of carbonyl (C=O) groups is 2. The minimum atomic E-state index is -0.508. The lowest BCUT2D eigenvalue weighted by atomic mass is 10.2. The molecule has 2 amide bonds. The Kier molecular flexibility index (Phi) is 5.09. The van der Waals surface area contributed by atoms with E-state index in [4.69, 9.17) is 5.73 Å². The van der Waals surface area contributed by atoms with Gasteiger partial charge in [0.05, 0.1) is 5.69 Å². The lowest BCUT2D eigenvalue weighted by molar-refractivity contribution is -0.116. The van der Waals surface area contributed by atoms with Crippen LogP contribution in [0.1, 0.15) is 48.0 Å². The van der Waals surface area contributed by atoms with Gasteiger partial charge in [-0.1, -0.05) is 31.1 Å². The van der Waals surface area contributed by atoms with E-state index in [0.29, 0.717) is 22.1 Å². The van der Waals surface area contributed by atoms with Gasteiger partial charge in [-0.2, -0.15) is 0 Å². The number of nitrogens with one attached hydrogen (secondary N) is 1. The summed E-state index contributed by atoms with van der Waals surface area (Å²) >= 11 is 1.12. The van der Waals surface area contributed by atoms with Crippen molar-refractivity contribution in [3.05, 3.63) is 10.6 Å². The number of anilines is 1. The zero-order valence-corrected chi connectivity index (χ0v) is 10.9. The van der Waals surface area contributed by atoms with Crippen molar-refractivity contribution in [1.82, 2.24) is 4.98 Å². The fourth-order valence-corrected chi connectivity index (χ4v) is 2.23. The molecular weight excluding hydrogens is 238 g/mol. The average molecular weight is 255 g/mol. The molecule has 0 aromatic carbocycles. The molecule has 0 atom stereocenters. The number of thiazole rings is 1. The average Bonchev–Trinajstić information content (AvgIpc) is 2.60. The summed E-state index contributed by atoms with van der Waals surface area (Å²) in [7, 11) is 0. The molecule has 6 heteroatoms. The number of nitrogens with two attached hydrogens (primary N) is 1. The Bertz CT molecular complexity index is 415. The molecule has 0 radical (unpaired) electrons. The van der Waals surface area contributed by atoms with E-state index in [1.54, 1.807) is 6.92 Å². The second-order valence-electron chi connectivity index (χ2n) is 3.80. The van der Waals surface area contributed by atoms with Gasteiger partial charge in [-0.25, -0.2) is 4.98 Å². The number of nitrogens with zero attached hydrogens (tertiary/aromatic N) is 1. The number of aryl methyl sites for hydroxylation is 1. The van der Waals surface area contributed by atoms with Crippen LogP contribution in [0.15, 0.2) is 0 Å². The van der Waals surface area contributed by atoms with Crippen LogP contribution >= 0.6 is 11.3 Å². The van der Waals surface area contributed by atoms with E-state index in [-0.39, 0.29) is 5.91 Å². The zero-order chi connectivity index (χ0) is 12.8. The Hall–Kier alpha value is -1.43. The van der Waals surface area contributed by atoms with E-state index < -0.39 is 5.91 Å². The highest BCUT2D eigenvalue weighted by Crippen LogP contribution is 2.22. The molecule has 0 aliphatic heterocycles. The van der Waals surface area contributed by atoms with Gasteiger partial charge in [0.1, 0.15) is 4.88 Å². The summed E-state index contributed by atoms with van der Waals surface area (Å²) < 4.78 is 0. The third kappa shape index (κ3) is 4.14. The fourth-order valence-electron chi connectivity index (χ4n) is 1.40. The Morgan fingerprint density at radius 2 is 2.12 bits per heavy atom. The van der Waals surface area contributed by atoms with Crippen molar-refractivity contribution < 1.29 is 9.59 Å². The maximum Gasteiger partial charge on any atom is 0.260 e. The molecule has 17 heavy (non-hydrogen) atoms. The van der Waals surface area contributed by atoms with E-state index in [9.17, 15) is 9.59 Å². The van der Waals surface area contributed by atoms with Crippen LogP contribution in [0, 0.1) is 6.92 Å². The van der Waals surface area contributed by atoms with Crippen LogP contribution in [-0.2, 0) is 4.79 Å². The van der Waals surface area contributed by atoms with Gasteiger partial charge in [-0.15, -0.1) is 0 Å². The van der Waals surface area contributed by atoms with Crippen molar-refractivity contribution >= 4 is 28.3 Å². The van der Waals surface area contributed by atoms with Crippen LogP contribution in [0.5, 0.6) is 0 Å². The predicted molar refractivity (Wildman–Crippen MR) is 68.1 cm³/mol. The molecule has 0 saturated carbocycles. The van der Waals surface area contributed by atoms with Gasteiger partial charge in [0.15, 0.2) is 5.13 Å². The van der Waals surface area contributed by atoms with Crippen molar-refractivity contribution in [2.24, 2.45) is 5.73 Å². The first kappa shape index (κ1) is 13.6. The first-order valence-electron chi connectivity index (χ1n) is 5.61. The number of carbonyl (C=O) groups excluding carboxylic acids is 2. The van der Waals surface area contributed by atoms with Crippen molar-refractivity contribution in [3.8, 4) is 0 Å². The molecular formula is C11H17N3O2S. The van der Waals surface area contributed by atoms with Crippen LogP contribution in [0.3, 0.4) is 0 Å². The number of hydrogen-bond donors (Lipinski definition) is 2. The second-order valence-corrected chi connectivity index (χ2v) is 4.80. The van der Waals surface area contributed by atoms with E-state index in [1.165, 1.54) is 0 Å². The van der Waals surface area contributed by atoms with Gasteiger partial charge >= 0.3 is 0 Å². The maximum absolute atomic E-state index is 11.5. The van der Waals surface area contributed by atoms with E-state index in [2.05, 4.69) is 17.2 Å². The molecule has 3 N–H and O–H groups in total. The minimum Gasteiger partial charge on any atom is -0.365 e. The molecule has 0 saturated heterocycles. The van der Waals surface area contributed by atoms with E-state index in [1.807, 2.05) is 0 Å². The summed E-state index contributed by atoms with van der Waals surface area (Å²) in [4.78, 5) is 27.0. The number of primary amides is 1. The van der Waals surface area contributed by atoms with Crippen molar-refractivity contribution in [2.75, 3.05) is 5.32 Å². The zero-order valence-electron chi connectivity index (χ0n) is 10.1. The van der Waals surface area contributed by atoms with Crippen molar-refractivity contribution in [2.45, 2.75) is 39.5 Å². The van der Waals surface area contributed by atoms with Crippen LogP contribution in [0.25, 0.3) is 0 Å². The molecule has 0 aliphatic rings. The number of amides is 2. The molecule has 0 unspecified atom stereocenters. The normalized spacial score (nSPS) is 10.2. The second kappa shape index (κ2) is 6.34. The SMILES string of the molecule is CCCCCC(=O)Nc1nc(C)c(C(N)=O)s1. The highest BCUT2D eigenvalue weighted by Gasteiger charge is 2.13. The number of aromatic nitrogens is 1. The monoisotopic (exact) mass is 255 g/mol. The molecule has 1 heterocycles. The number of hydrogen-bond acceptors (Lipinski definition) is 4. The predicted octanol–water partition coefficient (Wildman–Crippen LogP) is 2.07. The lowest BCUT2D eigenvalue weighted by Gasteiger charge is -2.00. The Labute approximate surface area is 104 Å². The Morgan fingerprint density at radius 1 is 1.41 bits per heavy atom. The molecule has 1 rings (SSSR count). The first-order valence-corrected chi connectivity index (χ1v) is 6.43. The highest BCUT2D eigenvalue weighted by molar-refractivity contribution is 7.17. The van der Waals surface area contributed by atoms with Gasteiger partial charge in [0.25, 0.3) is 5.91 Å². The summed E-state index contributed by atoms with van der Waals surface area (Å²) in [5.74, 6) is -0.574. The van der Waals surface area contributed by atoms with Gasteiger partial charge in [-0.05, 0) is 13.3 Å². The standard InChI is InChI=1S/C11H17N3O2S/c1-3-4-5-6-8(15)14-11-13-7(2)9(17-11)10(12)16/h3-6H2,1-2H3,(H2,12,16)(H,13,14,15). The van der Waals surface area contributed by atoms with Gasteiger partial charge < -0.3 is 11.1 Å². The molecule has 0 spiro atoms. The van der Waals surface area contributed by atoms with Crippen LogP contribution in [0.2, 0.25) is 0 Å². The molecule has 0 aliphatic carbocycles. The number of rotatable bonds is 6. The molecule has 5 nitrogen and oxygen atoms in total. The smallest absolute Gasteiger partial charge is 0.260 e. The molecule has 1 aromatic heterocycles. The van der Waals surface area contributed by atoms with Crippen molar-refractivity contribution in [1.29, 1.82) is 0 Å². The maximum atomic E-state index is 11.5. The topological polar surface area (TPSA) is 85.1 Å². The van der Waals surface area contributed by atoms with E-state index in [0.717, 1.165) is 30.6 Å². The minimum absolute atomic E-state index is 0.0665. The third-order valence-electron chi connectivity index (χ3n) is 2.27. The number of unbranched alkanes of at least 4 members (excludes halogenated alkanes) is 2. The highest BCUT2D eigenvalue weighted by atomic mass is 32.1. The fraction of sp³-hybridized carbons (Fsp3) is 0.545. The Balaban J connectivity index is 2.54. The third-order valence-corrected chi connectivity index (χ3v) is 3.36. The van der Waals surface area contributed by atoms with Gasteiger partial charge in [-0.3, -0.25) is 9.59 Å². The Morgan fingerprint density at radius 3 is 2.65 bits per heavy atom. The summed E-state index contributed by atoms with van der Waals surface area (Å²) in [6, 6.07) is 0. The molecule has 94 valence electrons. The summed E-state index contributed by atoms with van der Waals surface area (Å²) in [5, 5.41) is 3.12. The summed E-state index contributed by atoms with van der Waals surface area (Å²) in [6.45, 7) is 3.78. The van der Waals surface area contributed by atoms with Crippen LogP contribution in [0.4, 0.5) is 5.13 Å². The quantitative estimate of drug-likeness (QED) is 0.763. The molecule has 0 fully saturated rings. The molecule has 0 bridgehead atoms. The summed E-state index contributed by atoms with van der Waals surface area (Å²) in [5.41, 5.74) is 5.74. The molecule has 1 aromatic rings.